The molecule has 0 aromatic heterocycles. The number of aliphatic hydroxyl groups excluding tert-OH is 3. The van der Waals surface area contributed by atoms with Gasteiger partial charge in [0.2, 0.25) is 0 Å². The first-order chi connectivity index (χ1) is 6.56. The predicted molar refractivity (Wildman–Crippen MR) is 46.8 cm³/mol. The summed E-state index contributed by atoms with van der Waals surface area (Å²) in [7, 11) is 0. The van der Waals surface area contributed by atoms with E-state index in [1.54, 1.807) is 6.92 Å². The molecule has 0 aromatic carbocycles. The van der Waals surface area contributed by atoms with Gasteiger partial charge in [-0.25, -0.2) is 0 Å². The van der Waals surface area contributed by atoms with Crippen LogP contribution in [0.2, 0.25) is 0 Å². The van der Waals surface area contributed by atoms with E-state index in [0.29, 0.717) is 0 Å². The molecule has 1 heterocycles. The van der Waals surface area contributed by atoms with Crippen molar-refractivity contribution in [3.8, 4) is 0 Å². The number of nitrogens with two attached hydrogens (primary N) is 1. The van der Waals surface area contributed by atoms with Gasteiger partial charge in [0.15, 0.2) is 0 Å². The van der Waals surface area contributed by atoms with E-state index < -0.39 is 18.3 Å². The van der Waals surface area contributed by atoms with Crippen molar-refractivity contribution in [1.29, 1.82) is 0 Å². The Kier molecular flexibility index (Phi) is 4.24. The summed E-state index contributed by atoms with van der Waals surface area (Å²) in [6.07, 6.45) is -3.27. The van der Waals surface area contributed by atoms with Crippen LogP contribution < -0.4 is 5.73 Å². The minimum Gasteiger partial charge on any atom is -0.394 e. The Morgan fingerprint density at radius 1 is 1.57 bits per heavy atom. The Hall–Kier alpha value is -0.240. The summed E-state index contributed by atoms with van der Waals surface area (Å²) in [6, 6.07) is -0.191. The number of aliphatic hydroxyl groups is 3. The number of rotatable bonds is 4. The molecule has 0 spiro atoms. The van der Waals surface area contributed by atoms with Crippen LogP contribution in [0.25, 0.3) is 0 Å². The van der Waals surface area contributed by atoms with E-state index in [4.69, 9.17) is 20.3 Å². The zero-order valence-corrected chi connectivity index (χ0v) is 7.96. The molecule has 0 saturated carbocycles. The maximum absolute atomic E-state index is 9.38. The van der Waals surface area contributed by atoms with Gasteiger partial charge in [0.1, 0.15) is 18.3 Å². The van der Waals surface area contributed by atoms with E-state index in [0.717, 1.165) is 0 Å². The highest BCUT2D eigenvalue weighted by molar-refractivity contribution is 4.96. The fourth-order valence-corrected chi connectivity index (χ4v) is 1.11. The molecule has 0 bridgehead atoms. The number of hydrogen-bond acceptors (Lipinski definition) is 6. The summed E-state index contributed by atoms with van der Waals surface area (Å²) >= 11 is 0. The molecule has 4 atom stereocenters. The molecule has 1 fully saturated rings. The molecule has 6 nitrogen and oxygen atoms in total. The summed E-state index contributed by atoms with van der Waals surface area (Å²) in [4.78, 5) is 0. The second kappa shape index (κ2) is 5.01. The van der Waals surface area contributed by atoms with Crippen molar-refractivity contribution in [3.63, 3.8) is 0 Å². The van der Waals surface area contributed by atoms with E-state index >= 15 is 0 Å². The third-order valence-electron chi connectivity index (χ3n) is 1.88. The molecule has 1 radical (unpaired) electrons. The zero-order chi connectivity index (χ0) is 10.7. The molecule has 4 unspecified atom stereocenters. The Balaban J connectivity index is 2.40. The van der Waals surface area contributed by atoms with Crippen molar-refractivity contribution in [2.24, 2.45) is 5.73 Å². The smallest absolute Gasteiger partial charge is 0.256 e. The molecule has 1 saturated heterocycles. The minimum atomic E-state index is -1.22. The maximum Gasteiger partial charge on any atom is 0.256 e. The van der Waals surface area contributed by atoms with Gasteiger partial charge in [-0.05, 0) is 6.92 Å². The van der Waals surface area contributed by atoms with Crippen LogP contribution >= 0.6 is 0 Å². The molecule has 1 aliphatic rings. The number of hydrogen-bond donors (Lipinski definition) is 4. The van der Waals surface area contributed by atoms with Gasteiger partial charge >= 0.3 is 0 Å². The largest absolute Gasteiger partial charge is 0.394 e. The van der Waals surface area contributed by atoms with Crippen molar-refractivity contribution in [3.05, 3.63) is 6.29 Å². The quantitative estimate of drug-likeness (QED) is 0.422. The Morgan fingerprint density at radius 3 is 2.64 bits per heavy atom. The zero-order valence-electron chi connectivity index (χ0n) is 7.96. The van der Waals surface area contributed by atoms with Crippen molar-refractivity contribution >= 4 is 0 Å². The first-order valence-corrected chi connectivity index (χ1v) is 4.45. The molecule has 0 aromatic rings. The summed E-state index contributed by atoms with van der Waals surface area (Å²) in [5.41, 5.74) is 5.43. The normalized spacial score (nSPS) is 36.2. The standard InChI is InChI=1S/C8H16NO5/c1-4(9)3-13-8-7(12)6(11)5(2-10)14-8/h4-7,10-12H,2-3,9H2,1H3. The second-order valence-corrected chi connectivity index (χ2v) is 3.38. The maximum atomic E-state index is 9.38. The van der Waals surface area contributed by atoms with E-state index in [1.165, 1.54) is 0 Å². The lowest BCUT2D eigenvalue weighted by Crippen LogP contribution is -2.33. The van der Waals surface area contributed by atoms with Gasteiger partial charge in [-0.15, -0.1) is 0 Å². The van der Waals surface area contributed by atoms with Crippen LogP contribution in [0.4, 0.5) is 0 Å². The first kappa shape index (κ1) is 11.8. The van der Waals surface area contributed by atoms with Gasteiger partial charge in [0.25, 0.3) is 6.29 Å². The summed E-state index contributed by atoms with van der Waals surface area (Å²) < 4.78 is 10.0. The second-order valence-electron chi connectivity index (χ2n) is 3.38. The summed E-state index contributed by atoms with van der Waals surface area (Å²) in [6.45, 7) is 1.56. The predicted octanol–water partition coefficient (Wildman–Crippen LogP) is -2.05. The summed E-state index contributed by atoms with van der Waals surface area (Å²) in [5, 5.41) is 27.5. The number of ether oxygens (including phenoxy) is 2. The van der Waals surface area contributed by atoms with Crippen LogP contribution in [0.3, 0.4) is 0 Å². The van der Waals surface area contributed by atoms with E-state index in [2.05, 4.69) is 0 Å². The molecular formula is C8H16NO5. The van der Waals surface area contributed by atoms with E-state index in [-0.39, 0.29) is 25.5 Å². The molecule has 83 valence electrons. The van der Waals surface area contributed by atoms with Crippen LogP contribution in [0, 0.1) is 6.29 Å². The minimum absolute atomic E-state index is 0.0751. The van der Waals surface area contributed by atoms with Crippen molar-refractivity contribution in [2.45, 2.75) is 31.3 Å². The van der Waals surface area contributed by atoms with Crippen molar-refractivity contribution < 1.29 is 24.8 Å². The highest BCUT2D eigenvalue weighted by atomic mass is 16.7. The third-order valence-corrected chi connectivity index (χ3v) is 1.88. The SMILES string of the molecule is CC(N)CO[C]1OC(CO)C(O)C1O. The molecule has 6 heteroatoms. The van der Waals surface area contributed by atoms with Gasteiger partial charge in [0.05, 0.1) is 13.2 Å². The summed E-state index contributed by atoms with van der Waals surface area (Å²) in [5.74, 6) is 0. The van der Waals surface area contributed by atoms with Gasteiger partial charge < -0.3 is 30.5 Å². The molecule has 5 N–H and O–H groups in total. The first-order valence-electron chi connectivity index (χ1n) is 4.45. The van der Waals surface area contributed by atoms with Crippen LogP contribution in [-0.4, -0.2) is 52.9 Å². The van der Waals surface area contributed by atoms with Crippen LogP contribution in [0.5, 0.6) is 0 Å². The van der Waals surface area contributed by atoms with Gasteiger partial charge in [-0.2, -0.15) is 0 Å². The Morgan fingerprint density at radius 2 is 2.21 bits per heavy atom. The monoisotopic (exact) mass is 206 g/mol. The van der Waals surface area contributed by atoms with Crippen LogP contribution in [-0.2, 0) is 9.47 Å². The topological polar surface area (TPSA) is 105 Å². The van der Waals surface area contributed by atoms with Crippen LogP contribution in [0.1, 0.15) is 6.92 Å². The Bertz CT molecular complexity index is 177. The molecule has 0 amide bonds. The fraction of sp³-hybridized carbons (Fsp3) is 0.875. The average Bonchev–Trinajstić information content (AvgIpc) is 2.41. The highest BCUT2D eigenvalue weighted by Crippen LogP contribution is 2.27. The Labute approximate surface area is 82.2 Å². The molecule has 1 aliphatic heterocycles. The fourth-order valence-electron chi connectivity index (χ4n) is 1.11. The van der Waals surface area contributed by atoms with Crippen molar-refractivity contribution in [2.75, 3.05) is 13.2 Å². The molecular weight excluding hydrogens is 190 g/mol. The highest BCUT2D eigenvalue weighted by Gasteiger charge is 2.44. The van der Waals surface area contributed by atoms with Crippen LogP contribution in [0.15, 0.2) is 0 Å². The molecule has 0 aliphatic carbocycles. The van der Waals surface area contributed by atoms with E-state index in [1.807, 2.05) is 0 Å². The van der Waals surface area contributed by atoms with Gasteiger partial charge in [-0.3, -0.25) is 0 Å². The van der Waals surface area contributed by atoms with Gasteiger partial charge in [0, 0.05) is 6.04 Å². The molecule has 14 heavy (non-hydrogen) atoms. The third kappa shape index (κ3) is 2.63. The van der Waals surface area contributed by atoms with Crippen molar-refractivity contribution in [1.82, 2.24) is 0 Å². The lowest BCUT2D eigenvalue weighted by molar-refractivity contribution is -0.0822. The lowest BCUT2D eigenvalue weighted by Gasteiger charge is -2.14. The van der Waals surface area contributed by atoms with E-state index in [9.17, 15) is 10.2 Å². The van der Waals surface area contributed by atoms with Gasteiger partial charge in [-0.1, -0.05) is 0 Å². The average molecular weight is 206 g/mol. The molecule has 1 rings (SSSR count). The lowest BCUT2D eigenvalue weighted by atomic mass is 10.1.